The summed E-state index contributed by atoms with van der Waals surface area (Å²) >= 11 is 0. The van der Waals surface area contributed by atoms with E-state index in [1.165, 1.54) is 31.9 Å². The molecule has 1 amide bonds. The predicted octanol–water partition coefficient (Wildman–Crippen LogP) is 1.89. The van der Waals surface area contributed by atoms with Gasteiger partial charge in [0.15, 0.2) is 0 Å². The molecule has 0 bridgehead atoms. The van der Waals surface area contributed by atoms with Gasteiger partial charge in [-0.3, -0.25) is 15.1 Å². The number of carbonyl (C=O) groups is 1. The zero-order valence-electron chi connectivity index (χ0n) is 11.7. The smallest absolute Gasteiger partial charge is 0.268 e. The van der Waals surface area contributed by atoms with E-state index < -0.39 is 0 Å². The van der Waals surface area contributed by atoms with E-state index in [9.17, 15) is 4.79 Å². The molecule has 1 aromatic rings. The number of nitrogens with zero attached hydrogens (tertiary/aromatic N) is 1. The lowest BCUT2D eigenvalue weighted by molar-refractivity contribution is 0.0953. The molecule has 106 valence electrons. The summed E-state index contributed by atoms with van der Waals surface area (Å²) < 4.78 is 5.43. The molecular weight excluding hydrogens is 242 g/mol. The topological polar surface area (TPSA) is 71.5 Å². The summed E-state index contributed by atoms with van der Waals surface area (Å²) in [7, 11) is 2.12. The summed E-state index contributed by atoms with van der Waals surface area (Å²) in [5, 5.41) is 0. The molecule has 5 heteroatoms. The Balaban J connectivity index is 1.96. The van der Waals surface area contributed by atoms with Crippen LogP contribution in [0.3, 0.4) is 0 Å². The Bertz CT molecular complexity index is 430. The van der Waals surface area contributed by atoms with E-state index in [1.54, 1.807) is 6.07 Å². The van der Waals surface area contributed by atoms with E-state index >= 15 is 0 Å². The summed E-state index contributed by atoms with van der Waals surface area (Å²) in [6, 6.07) is 2.36. The number of nitrogens with one attached hydrogen (secondary N) is 1. The number of hydrazine groups is 1. The summed E-state index contributed by atoms with van der Waals surface area (Å²) in [4.78, 5) is 13.7. The van der Waals surface area contributed by atoms with Gasteiger partial charge in [-0.05, 0) is 31.9 Å². The number of rotatable bonds is 4. The third-order valence-corrected chi connectivity index (χ3v) is 4.08. The summed E-state index contributed by atoms with van der Waals surface area (Å²) in [5.41, 5.74) is 2.58. The maximum absolute atomic E-state index is 11.4. The van der Waals surface area contributed by atoms with Gasteiger partial charge in [0.05, 0.1) is 12.1 Å². The van der Waals surface area contributed by atoms with Crippen LogP contribution in [0.15, 0.2) is 16.7 Å². The molecule has 0 spiro atoms. The van der Waals surface area contributed by atoms with E-state index in [1.807, 2.05) is 0 Å². The van der Waals surface area contributed by atoms with Crippen molar-refractivity contribution in [2.24, 2.45) is 11.8 Å². The average Bonchev–Trinajstić information content (AvgIpc) is 2.86. The monoisotopic (exact) mass is 265 g/mol. The molecule has 0 aliphatic heterocycles. The number of furan rings is 1. The van der Waals surface area contributed by atoms with Crippen LogP contribution in [0.4, 0.5) is 0 Å². The zero-order valence-corrected chi connectivity index (χ0v) is 11.7. The normalized spacial score (nSPS) is 23.6. The van der Waals surface area contributed by atoms with Gasteiger partial charge in [0.25, 0.3) is 5.91 Å². The Kier molecular flexibility index (Phi) is 4.61. The zero-order chi connectivity index (χ0) is 13.8. The number of nitrogen functional groups attached to an aromatic ring is 1. The van der Waals surface area contributed by atoms with Crippen LogP contribution < -0.4 is 11.3 Å². The standard InChI is InChI=1S/C14H23N3O2/c1-10-5-3-4-6-13(10)17(2)8-12-7-11(9-19-12)14(18)16-15/h7,9-10,13H,3-6,8,15H2,1-2H3,(H,16,18). The fourth-order valence-corrected chi connectivity index (χ4v) is 2.98. The quantitative estimate of drug-likeness (QED) is 0.495. The SMILES string of the molecule is CC1CCCCC1N(C)Cc1cc(C(=O)NN)co1. The average molecular weight is 265 g/mol. The van der Waals surface area contributed by atoms with Crippen molar-refractivity contribution in [3.63, 3.8) is 0 Å². The number of hydrogen-bond acceptors (Lipinski definition) is 4. The Hall–Kier alpha value is -1.33. The molecule has 1 aliphatic carbocycles. The molecule has 2 rings (SSSR count). The van der Waals surface area contributed by atoms with Crippen LogP contribution >= 0.6 is 0 Å². The first-order valence-electron chi connectivity index (χ1n) is 6.90. The van der Waals surface area contributed by atoms with Crippen molar-refractivity contribution in [3.05, 3.63) is 23.7 Å². The number of hydrogen-bond donors (Lipinski definition) is 2. The van der Waals surface area contributed by atoms with Gasteiger partial charge in [0, 0.05) is 6.04 Å². The lowest BCUT2D eigenvalue weighted by atomic mass is 9.85. The summed E-state index contributed by atoms with van der Waals surface area (Å²) in [5.74, 6) is 6.31. The van der Waals surface area contributed by atoms with Crippen LogP contribution in [0, 0.1) is 5.92 Å². The van der Waals surface area contributed by atoms with Crippen molar-refractivity contribution in [1.29, 1.82) is 0 Å². The van der Waals surface area contributed by atoms with Crippen LogP contribution in [-0.2, 0) is 6.54 Å². The first kappa shape index (κ1) is 14.1. The molecule has 1 heterocycles. The molecule has 2 unspecified atom stereocenters. The van der Waals surface area contributed by atoms with Crippen LogP contribution in [0.5, 0.6) is 0 Å². The lowest BCUT2D eigenvalue weighted by Crippen LogP contribution is -2.38. The third-order valence-electron chi connectivity index (χ3n) is 4.08. The van der Waals surface area contributed by atoms with Crippen molar-refractivity contribution in [2.75, 3.05) is 7.05 Å². The van der Waals surface area contributed by atoms with Crippen molar-refractivity contribution >= 4 is 5.91 Å². The van der Waals surface area contributed by atoms with Gasteiger partial charge in [0.2, 0.25) is 0 Å². The maximum atomic E-state index is 11.4. The molecule has 1 fully saturated rings. The maximum Gasteiger partial charge on any atom is 0.268 e. The van der Waals surface area contributed by atoms with Gasteiger partial charge in [-0.15, -0.1) is 0 Å². The first-order valence-corrected chi connectivity index (χ1v) is 6.90. The number of carbonyl (C=O) groups excluding carboxylic acids is 1. The number of amides is 1. The highest BCUT2D eigenvalue weighted by atomic mass is 16.3. The van der Waals surface area contributed by atoms with E-state index in [4.69, 9.17) is 10.3 Å². The first-order chi connectivity index (χ1) is 9.11. The minimum Gasteiger partial charge on any atom is -0.467 e. The fourth-order valence-electron chi connectivity index (χ4n) is 2.98. The fraction of sp³-hybridized carbons (Fsp3) is 0.643. The van der Waals surface area contributed by atoms with E-state index in [2.05, 4.69) is 24.3 Å². The largest absolute Gasteiger partial charge is 0.467 e. The molecule has 19 heavy (non-hydrogen) atoms. The highest BCUT2D eigenvalue weighted by Gasteiger charge is 2.25. The minimum absolute atomic E-state index is 0.316. The third kappa shape index (κ3) is 3.36. The van der Waals surface area contributed by atoms with Crippen LogP contribution in [-0.4, -0.2) is 23.9 Å². The highest BCUT2D eigenvalue weighted by Crippen LogP contribution is 2.28. The molecule has 2 atom stereocenters. The van der Waals surface area contributed by atoms with Gasteiger partial charge >= 0.3 is 0 Å². The van der Waals surface area contributed by atoms with E-state index in [0.29, 0.717) is 11.6 Å². The highest BCUT2D eigenvalue weighted by molar-refractivity contribution is 5.93. The second kappa shape index (κ2) is 6.21. The Labute approximate surface area is 114 Å². The van der Waals surface area contributed by atoms with Crippen molar-refractivity contribution in [1.82, 2.24) is 10.3 Å². The van der Waals surface area contributed by atoms with E-state index in [-0.39, 0.29) is 5.91 Å². The van der Waals surface area contributed by atoms with Gasteiger partial charge in [-0.2, -0.15) is 0 Å². The van der Waals surface area contributed by atoms with Crippen molar-refractivity contribution in [2.45, 2.75) is 45.2 Å². The lowest BCUT2D eigenvalue weighted by Gasteiger charge is -2.35. The Morgan fingerprint density at radius 1 is 1.53 bits per heavy atom. The predicted molar refractivity (Wildman–Crippen MR) is 73.2 cm³/mol. The van der Waals surface area contributed by atoms with Crippen molar-refractivity contribution in [3.8, 4) is 0 Å². The molecule has 3 N–H and O–H groups in total. The van der Waals surface area contributed by atoms with Crippen LogP contribution in [0.25, 0.3) is 0 Å². The van der Waals surface area contributed by atoms with Gasteiger partial charge < -0.3 is 4.42 Å². The Morgan fingerprint density at radius 2 is 2.26 bits per heavy atom. The minimum atomic E-state index is -0.316. The molecule has 0 radical (unpaired) electrons. The molecule has 1 aliphatic rings. The van der Waals surface area contributed by atoms with Gasteiger partial charge in [0.1, 0.15) is 12.0 Å². The van der Waals surface area contributed by atoms with Crippen LogP contribution in [0.2, 0.25) is 0 Å². The summed E-state index contributed by atoms with van der Waals surface area (Å²) in [6.07, 6.45) is 6.64. The molecule has 0 aromatic carbocycles. The molecule has 0 saturated heterocycles. The molecular formula is C14H23N3O2. The Morgan fingerprint density at radius 3 is 2.95 bits per heavy atom. The number of nitrogens with two attached hydrogens (primary N) is 1. The molecule has 1 aromatic heterocycles. The van der Waals surface area contributed by atoms with E-state index in [0.717, 1.165) is 18.2 Å². The second-order valence-electron chi connectivity index (χ2n) is 5.52. The summed E-state index contributed by atoms with van der Waals surface area (Å²) in [6.45, 7) is 3.04. The van der Waals surface area contributed by atoms with Gasteiger partial charge in [-0.25, -0.2) is 5.84 Å². The van der Waals surface area contributed by atoms with Crippen LogP contribution in [0.1, 0.15) is 48.7 Å². The second-order valence-corrected chi connectivity index (χ2v) is 5.52. The van der Waals surface area contributed by atoms with Gasteiger partial charge in [-0.1, -0.05) is 19.8 Å². The molecule has 1 saturated carbocycles. The van der Waals surface area contributed by atoms with Crippen molar-refractivity contribution < 1.29 is 9.21 Å². The molecule has 5 nitrogen and oxygen atoms in total.